The number of carbonyl (C=O) groups is 3. The Balaban J connectivity index is 4.43. The summed E-state index contributed by atoms with van der Waals surface area (Å²) in [5.41, 5.74) is 0. The van der Waals surface area contributed by atoms with Gasteiger partial charge in [-0.1, -0.05) is 127 Å². The molecule has 0 aliphatic heterocycles. The number of aliphatic hydroxyl groups is 2. The van der Waals surface area contributed by atoms with Gasteiger partial charge in [-0.05, 0) is 63.9 Å². The molecule has 0 spiro atoms. The summed E-state index contributed by atoms with van der Waals surface area (Å²) >= 11 is 0. The van der Waals surface area contributed by atoms with Crippen LogP contribution in [0.3, 0.4) is 0 Å². The van der Waals surface area contributed by atoms with Crippen molar-refractivity contribution in [1.82, 2.24) is 0 Å². The molecular weight excluding hydrogens is 711 g/mol. The highest BCUT2D eigenvalue weighted by Crippen LogP contribution is 2.43. The van der Waals surface area contributed by atoms with Crippen LogP contribution in [0.2, 0.25) is 0 Å². The maximum absolute atomic E-state index is 12.6. The second kappa shape index (κ2) is 37.5. The van der Waals surface area contributed by atoms with Crippen molar-refractivity contribution >= 4 is 25.5 Å². The Hall–Kier alpha value is -2.40. The fourth-order valence-electron chi connectivity index (χ4n) is 5.20. The van der Waals surface area contributed by atoms with E-state index in [1.165, 1.54) is 25.7 Å². The third-order valence-electron chi connectivity index (χ3n) is 8.46. The average molecular weight is 785 g/mol. The van der Waals surface area contributed by atoms with Gasteiger partial charge >= 0.3 is 19.8 Å². The third-order valence-corrected chi connectivity index (χ3v) is 9.41. The van der Waals surface area contributed by atoms with Crippen LogP contribution in [-0.4, -0.2) is 71.5 Å². The summed E-state index contributed by atoms with van der Waals surface area (Å²) in [6.45, 7) is 2.12. The predicted octanol–water partition coefficient (Wildman–Crippen LogP) is 9.73. The molecule has 0 saturated carbocycles. The van der Waals surface area contributed by atoms with E-state index in [0.29, 0.717) is 19.3 Å². The first-order valence-electron chi connectivity index (χ1n) is 20.6. The Morgan fingerprint density at radius 2 is 1.06 bits per heavy atom. The lowest BCUT2D eigenvalue weighted by Crippen LogP contribution is -2.29. The van der Waals surface area contributed by atoms with E-state index in [0.717, 1.165) is 89.9 Å². The van der Waals surface area contributed by atoms with Crippen molar-refractivity contribution in [3.05, 3.63) is 48.6 Å². The Morgan fingerprint density at radius 3 is 1.63 bits per heavy atom. The smallest absolute Gasteiger partial charge is 0.462 e. The molecule has 1 unspecified atom stereocenters. The number of rotatable bonds is 38. The van der Waals surface area contributed by atoms with Crippen LogP contribution in [-0.2, 0) is 37.5 Å². The molecule has 0 bridgehead atoms. The van der Waals surface area contributed by atoms with Gasteiger partial charge in [-0.2, -0.15) is 0 Å². The molecule has 0 aromatic rings. The zero-order chi connectivity index (χ0) is 40.0. The quantitative estimate of drug-likeness (QED) is 0.0179. The van der Waals surface area contributed by atoms with Gasteiger partial charge in [0.1, 0.15) is 12.7 Å². The molecular formula is C42H73O11P. The second-order valence-corrected chi connectivity index (χ2v) is 15.2. The van der Waals surface area contributed by atoms with Gasteiger partial charge in [-0.25, -0.2) is 4.57 Å². The maximum atomic E-state index is 12.6. The first-order chi connectivity index (χ1) is 26.1. The lowest BCUT2D eigenvalue weighted by Gasteiger charge is -2.20. The minimum atomic E-state index is -4.64. The van der Waals surface area contributed by atoms with E-state index >= 15 is 0 Å². The number of ether oxygens (including phenoxy) is 2. The van der Waals surface area contributed by atoms with Gasteiger partial charge in [0.05, 0.1) is 19.8 Å². The van der Waals surface area contributed by atoms with E-state index in [-0.39, 0.29) is 25.2 Å². The number of allylic oxidation sites excluding steroid dienone is 8. The second-order valence-electron chi connectivity index (χ2n) is 13.7. The summed E-state index contributed by atoms with van der Waals surface area (Å²) in [5.74, 6) is -0.843. The highest BCUT2D eigenvalue weighted by molar-refractivity contribution is 7.47. The lowest BCUT2D eigenvalue weighted by atomic mass is 10.1. The van der Waals surface area contributed by atoms with Crippen molar-refractivity contribution in [2.75, 3.05) is 26.4 Å². The summed E-state index contributed by atoms with van der Waals surface area (Å²) in [6, 6.07) is 0. The number of aliphatic hydroxyl groups excluding tert-OH is 2. The number of phosphoric ester groups is 1. The number of carbonyl (C=O) groups excluding carboxylic acids is 3. The van der Waals surface area contributed by atoms with Crippen LogP contribution in [0, 0.1) is 0 Å². The van der Waals surface area contributed by atoms with Crippen molar-refractivity contribution in [1.29, 1.82) is 0 Å². The zero-order valence-corrected chi connectivity index (χ0v) is 34.3. The fourth-order valence-corrected chi connectivity index (χ4v) is 5.99. The van der Waals surface area contributed by atoms with Crippen LogP contribution in [0.25, 0.3) is 0 Å². The molecule has 0 fully saturated rings. The molecule has 312 valence electrons. The van der Waals surface area contributed by atoms with Gasteiger partial charge in [0, 0.05) is 19.3 Å². The summed E-state index contributed by atoms with van der Waals surface area (Å²) in [4.78, 5) is 46.6. The van der Waals surface area contributed by atoms with Gasteiger partial charge in [-0.3, -0.25) is 23.4 Å². The third kappa shape index (κ3) is 36.6. The van der Waals surface area contributed by atoms with E-state index in [4.69, 9.17) is 19.1 Å². The molecule has 0 aliphatic carbocycles. The monoisotopic (exact) mass is 784 g/mol. The van der Waals surface area contributed by atoms with Crippen LogP contribution < -0.4 is 0 Å². The van der Waals surface area contributed by atoms with E-state index in [2.05, 4.69) is 48.8 Å². The molecule has 0 aromatic heterocycles. The molecule has 54 heavy (non-hydrogen) atoms. The van der Waals surface area contributed by atoms with Crippen LogP contribution in [0.15, 0.2) is 48.6 Å². The highest BCUT2D eigenvalue weighted by atomic mass is 31.2. The normalized spacial score (nSPS) is 14.3. The van der Waals surface area contributed by atoms with Gasteiger partial charge in [0.2, 0.25) is 0 Å². The molecule has 11 nitrogen and oxygen atoms in total. The van der Waals surface area contributed by atoms with Crippen molar-refractivity contribution in [2.24, 2.45) is 0 Å². The summed E-state index contributed by atoms with van der Waals surface area (Å²) in [6.07, 6.45) is 34.8. The molecule has 0 aliphatic rings. The summed E-state index contributed by atoms with van der Waals surface area (Å²) < 4.78 is 32.6. The topological polar surface area (TPSA) is 166 Å². The Kier molecular flexibility index (Phi) is 35.9. The van der Waals surface area contributed by atoms with Gasteiger partial charge in [0.25, 0.3) is 0 Å². The predicted molar refractivity (Wildman–Crippen MR) is 215 cm³/mol. The molecule has 3 atom stereocenters. The summed E-state index contributed by atoms with van der Waals surface area (Å²) in [5, 5.41) is 18.3. The zero-order valence-electron chi connectivity index (χ0n) is 33.4. The molecule has 0 saturated heterocycles. The van der Waals surface area contributed by atoms with Crippen molar-refractivity contribution in [3.63, 3.8) is 0 Å². The molecule has 12 heteroatoms. The van der Waals surface area contributed by atoms with Crippen molar-refractivity contribution in [2.45, 2.75) is 174 Å². The Morgan fingerprint density at radius 1 is 0.593 bits per heavy atom. The van der Waals surface area contributed by atoms with Crippen LogP contribution in [0.4, 0.5) is 0 Å². The minimum Gasteiger partial charge on any atom is -0.462 e. The number of phosphoric acid groups is 1. The highest BCUT2D eigenvalue weighted by Gasteiger charge is 2.27. The van der Waals surface area contributed by atoms with Crippen molar-refractivity contribution in [3.8, 4) is 0 Å². The summed E-state index contributed by atoms with van der Waals surface area (Å²) in [7, 11) is -4.64. The largest absolute Gasteiger partial charge is 0.472 e. The van der Waals surface area contributed by atoms with Gasteiger partial charge in [-0.15, -0.1) is 0 Å². The number of hydrogen-bond acceptors (Lipinski definition) is 10. The van der Waals surface area contributed by atoms with Crippen LogP contribution in [0.1, 0.15) is 162 Å². The first kappa shape index (κ1) is 51.6. The Labute approximate surface area is 326 Å². The van der Waals surface area contributed by atoms with Crippen LogP contribution >= 0.6 is 7.82 Å². The van der Waals surface area contributed by atoms with E-state index in [9.17, 15) is 28.9 Å². The molecule has 3 N–H and O–H groups in total. The molecule has 0 rings (SSSR count). The number of hydrogen-bond donors (Lipinski definition) is 3. The number of ketones is 1. The van der Waals surface area contributed by atoms with Crippen LogP contribution in [0.5, 0.6) is 0 Å². The SMILES string of the molecule is CCCCCC/C=C\C=C/CCCCCCCC(=O)O[C@H](COC(=O)CCCCCCC/C=C\C=C\C(=O)CCCCC)COP(=O)(O)OC[C@@H](O)CO. The van der Waals surface area contributed by atoms with E-state index in [1.807, 2.05) is 6.08 Å². The lowest BCUT2D eigenvalue weighted by molar-refractivity contribution is -0.161. The van der Waals surface area contributed by atoms with Gasteiger partial charge < -0.3 is 24.6 Å². The maximum Gasteiger partial charge on any atom is 0.472 e. The molecule has 0 heterocycles. The van der Waals surface area contributed by atoms with E-state index < -0.39 is 51.8 Å². The Bertz CT molecular complexity index is 1100. The fraction of sp³-hybridized carbons (Fsp3) is 0.738. The van der Waals surface area contributed by atoms with Crippen molar-refractivity contribution < 1.29 is 52.6 Å². The molecule has 0 amide bonds. The number of unbranched alkanes of at least 4 members (excludes halogenated alkanes) is 16. The first-order valence-corrected chi connectivity index (χ1v) is 22.1. The van der Waals surface area contributed by atoms with E-state index in [1.54, 1.807) is 12.2 Å². The number of esters is 2. The minimum absolute atomic E-state index is 0.147. The average Bonchev–Trinajstić information content (AvgIpc) is 3.15. The standard InChI is InChI=1S/C42H73O11P/c1-3-5-7-8-9-10-11-12-13-14-15-18-22-25-29-33-42(47)53-40(37-52-54(48,49)51-35-39(45)34-43)36-50-41(46)32-28-24-21-19-16-17-20-23-27-31-38(44)30-26-6-4-2/h10-13,20,23,27,31,39-40,43,45H,3-9,14-19,21-22,24-26,28-30,32-37H2,1-2H3,(H,48,49)/b11-10-,13-12-,23-20-,31-27+/t39-,40+/m0/s1. The molecule has 0 radical (unpaired) electrons. The molecule has 0 aromatic carbocycles. The van der Waals surface area contributed by atoms with Gasteiger partial charge in [0.15, 0.2) is 11.9 Å².